The van der Waals surface area contributed by atoms with E-state index in [0.717, 1.165) is 22.3 Å². The van der Waals surface area contributed by atoms with E-state index >= 15 is 0 Å². The van der Waals surface area contributed by atoms with Crippen LogP contribution in [-0.4, -0.2) is 30.3 Å². The third-order valence-corrected chi connectivity index (χ3v) is 4.22. The molecule has 3 N–H and O–H groups in total. The van der Waals surface area contributed by atoms with Crippen molar-refractivity contribution in [1.82, 2.24) is 24.3 Å². The zero-order chi connectivity index (χ0) is 16.8. The van der Waals surface area contributed by atoms with E-state index in [-0.39, 0.29) is 6.17 Å². The van der Waals surface area contributed by atoms with Crippen LogP contribution in [0, 0.1) is 0 Å². The molecule has 0 bridgehead atoms. The number of nitrogens with one attached hydrogen (secondary N) is 1. The number of nitrogens with two attached hydrogens (primary N) is 1. The Morgan fingerprint density at radius 3 is 2.68 bits per heavy atom. The number of rotatable bonds is 2. The maximum Gasteiger partial charge on any atom is 0.212 e. The number of benzene rings is 2. The highest BCUT2D eigenvalue weighted by atomic mass is 15.4. The van der Waals surface area contributed by atoms with Crippen LogP contribution in [0.4, 0.5) is 5.95 Å². The molecule has 4 aromatic rings. The Labute approximate surface area is 142 Å². The predicted octanol–water partition coefficient (Wildman–Crippen LogP) is 1.90. The van der Waals surface area contributed by atoms with Gasteiger partial charge in [-0.3, -0.25) is 9.88 Å². The summed E-state index contributed by atoms with van der Waals surface area (Å²) in [5.41, 5.74) is 9.82. The van der Waals surface area contributed by atoms with Crippen LogP contribution in [0.1, 0.15) is 11.7 Å². The zero-order valence-corrected chi connectivity index (χ0v) is 13.1. The van der Waals surface area contributed by atoms with Gasteiger partial charge in [0.05, 0.1) is 16.7 Å². The predicted molar refractivity (Wildman–Crippen MR) is 94.5 cm³/mol. The third-order valence-electron chi connectivity index (χ3n) is 4.22. The molecule has 0 aliphatic carbocycles. The van der Waals surface area contributed by atoms with Crippen molar-refractivity contribution in [2.75, 3.05) is 5.32 Å². The van der Waals surface area contributed by atoms with Gasteiger partial charge in [-0.25, -0.2) is 19.6 Å². The summed E-state index contributed by atoms with van der Waals surface area (Å²) in [7, 11) is 0. The average molecular weight is 330 g/mol. The van der Waals surface area contributed by atoms with Crippen molar-refractivity contribution in [3.05, 3.63) is 66.7 Å². The molecule has 8 nitrogen and oxygen atoms in total. The Morgan fingerprint density at radius 1 is 1.04 bits per heavy atom. The molecule has 2 aromatic carbocycles. The van der Waals surface area contributed by atoms with Gasteiger partial charge in [-0.05, 0) is 29.8 Å². The van der Waals surface area contributed by atoms with Crippen LogP contribution in [0.2, 0.25) is 0 Å². The second-order valence-corrected chi connectivity index (χ2v) is 5.74. The van der Waals surface area contributed by atoms with E-state index in [0.29, 0.717) is 11.9 Å². The minimum atomic E-state index is -0.270. The summed E-state index contributed by atoms with van der Waals surface area (Å²) in [6, 6.07) is 16.0. The number of nitrogens with zero attached hydrogens (tertiary/aromatic N) is 6. The highest BCUT2D eigenvalue weighted by molar-refractivity contribution is 5.94. The van der Waals surface area contributed by atoms with Crippen molar-refractivity contribution in [3.8, 4) is 5.69 Å². The second-order valence-electron chi connectivity index (χ2n) is 5.74. The minimum Gasteiger partial charge on any atom is -0.370 e. The molecule has 1 aliphatic rings. The molecule has 0 saturated heterocycles. The van der Waals surface area contributed by atoms with Gasteiger partial charge in [0.15, 0.2) is 12.1 Å². The summed E-state index contributed by atoms with van der Waals surface area (Å²) in [6.45, 7) is 0. The van der Waals surface area contributed by atoms with Crippen molar-refractivity contribution in [1.29, 1.82) is 0 Å². The van der Waals surface area contributed by atoms with Gasteiger partial charge >= 0.3 is 0 Å². The van der Waals surface area contributed by atoms with Crippen LogP contribution in [0.15, 0.2) is 66.2 Å². The van der Waals surface area contributed by atoms with Gasteiger partial charge in [-0.15, -0.1) is 0 Å². The number of para-hydroxylation sites is 2. The van der Waals surface area contributed by atoms with Crippen molar-refractivity contribution < 1.29 is 0 Å². The van der Waals surface area contributed by atoms with Gasteiger partial charge in [0.2, 0.25) is 5.95 Å². The van der Waals surface area contributed by atoms with Gasteiger partial charge in [-0.2, -0.15) is 5.10 Å². The Bertz CT molecular complexity index is 1080. The molecule has 2 aromatic heterocycles. The van der Waals surface area contributed by atoms with E-state index in [1.54, 1.807) is 11.0 Å². The van der Waals surface area contributed by atoms with Gasteiger partial charge in [0, 0.05) is 0 Å². The van der Waals surface area contributed by atoms with Crippen molar-refractivity contribution in [2.45, 2.75) is 6.17 Å². The minimum absolute atomic E-state index is 0.270. The van der Waals surface area contributed by atoms with Gasteiger partial charge in [-0.1, -0.05) is 24.3 Å². The number of hydrogen-bond donors (Lipinski definition) is 2. The fourth-order valence-electron chi connectivity index (χ4n) is 3.08. The number of hydrogen-bond acceptors (Lipinski definition) is 6. The van der Waals surface area contributed by atoms with E-state index in [4.69, 9.17) is 5.73 Å². The summed E-state index contributed by atoms with van der Waals surface area (Å²) in [4.78, 5) is 13.2. The maximum atomic E-state index is 5.97. The highest BCUT2D eigenvalue weighted by Crippen LogP contribution is 2.32. The first-order chi connectivity index (χ1) is 12.3. The summed E-state index contributed by atoms with van der Waals surface area (Å²) < 4.78 is 3.76. The number of fused-ring (bicyclic) bond motifs is 3. The molecule has 1 atom stereocenters. The lowest BCUT2D eigenvalue weighted by Gasteiger charge is -2.24. The number of aliphatic imine (C=N–C) groups is 1. The number of imidazole rings is 1. The topological polar surface area (TPSA) is 98.9 Å². The van der Waals surface area contributed by atoms with Crippen LogP contribution < -0.4 is 11.1 Å². The van der Waals surface area contributed by atoms with E-state index in [1.165, 1.54) is 6.33 Å². The highest BCUT2D eigenvalue weighted by Gasteiger charge is 2.24. The van der Waals surface area contributed by atoms with E-state index in [2.05, 4.69) is 29.9 Å². The average Bonchev–Trinajstić information content (AvgIpc) is 3.28. The van der Waals surface area contributed by atoms with Gasteiger partial charge in [0.1, 0.15) is 12.7 Å². The van der Waals surface area contributed by atoms with E-state index in [9.17, 15) is 0 Å². The lowest BCUT2D eigenvalue weighted by atomic mass is 10.1. The SMILES string of the molecule is NC1=N[C@@H](c2ccc(-n3cncn3)cc2)n2c(nc3ccccc32)N1. The summed E-state index contributed by atoms with van der Waals surface area (Å²) >= 11 is 0. The first-order valence-electron chi connectivity index (χ1n) is 7.82. The standard InChI is InChI=1S/C17H14N8/c18-16-22-15(11-5-7-12(8-6-11)24-10-19-9-20-24)25-14-4-2-1-3-13(14)21-17(25)23-16/h1-10,15H,(H3,18,21,22,23)/t15-/m1/s1. The number of anilines is 1. The molecule has 0 amide bonds. The molecule has 0 radical (unpaired) electrons. The summed E-state index contributed by atoms with van der Waals surface area (Å²) in [6.07, 6.45) is 2.90. The molecule has 1 aliphatic heterocycles. The second kappa shape index (κ2) is 5.17. The zero-order valence-electron chi connectivity index (χ0n) is 13.1. The molecule has 25 heavy (non-hydrogen) atoms. The first-order valence-corrected chi connectivity index (χ1v) is 7.82. The quantitative estimate of drug-likeness (QED) is 0.585. The van der Waals surface area contributed by atoms with Crippen molar-refractivity contribution in [3.63, 3.8) is 0 Å². The molecule has 5 rings (SSSR count). The molecule has 0 spiro atoms. The monoisotopic (exact) mass is 330 g/mol. The Balaban J connectivity index is 1.63. The summed E-state index contributed by atoms with van der Waals surface area (Å²) in [5.74, 6) is 1.05. The molecule has 3 heterocycles. The Morgan fingerprint density at radius 2 is 1.88 bits per heavy atom. The van der Waals surface area contributed by atoms with Crippen LogP contribution in [0.5, 0.6) is 0 Å². The fraction of sp³-hybridized carbons (Fsp3) is 0.0588. The molecule has 0 fully saturated rings. The largest absolute Gasteiger partial charge is 0.370 e. The van der Waals surface area contributed by atoms with Crippen molar-refractivity contribution >= 4 is 22.9 Å². The smallest absolute Gasteiger partial charge is 0.212 e. The molecule has 0 saturated carbocycles. The number of guanidine groups is 1. The molecule has 8 heteroatoms. The lowest BCUT2D eigenvalue weighted by molar-refractivity contribution is 0.626. The van der Waals surface area contributed by atoms with Crippen molar-refractivity contribution in [2.24, 2.45) is 10.7 Å². The Kier molecular flexibility index (Phi) is 2.84. The normalized spacial score (nSPS) is 16.3. The fourth-order valence-corrected chi connectivity index (χ4v) is 3.08. The van der Waals surface area contributed by atoms with Gasteiger partial charge in [0.25, 0.3) is 0 Å². The van der Waals surface area contributed by atoms with Gasteiger partial charge < -0.3 is 5.73 Å². The van der Waals surface area contributed by atoms with E-state index in [1.807, 2.05) is 48.5 Å². The summed E-state index contributed by atoms with van der Waals surface area (Å²) in [5, 5.41) is 7.18. The lowest BCUT2D eigenvalue weighted by Crippen LogP contribution is -2.31. The third kappa shape index (κ3) is 2.15. The molecule has 0 unspecified atom stereocenters. The molecule has 122 valence electrons. The maximum absolute atomic E-state index is 5.97. The Hall–Kier alpha value is -3.68. The molecular formula is C17H14N8. The van der Waals surface area contributed by atoms with E-state index < -0.39 is 0 Å². The number of aromatic nitrogens is 5. The molecular weight excluding hydrogens is 316 g/mol. The van der Waals surface area contributed by atoms with Crippen LogP contribution in [0.3, 0.4) is 0 Å². The van der Waals surface area contributed by atoms with Crippen LogP contribution in [-0.2, 0) is 0 Å². The van der Waals surface area contributed by atoms with Crippen LogP contribution in [0.25, 0.3) is 16.7 Å². The van der Waals surface area contributed by atoms with Crippen LogP contribution >= 0.6 is 0 Å². The first kappa shape index (κ1) is 13.7.